The normalized spacial score (nSPS) is 18.5. The third kappa shape index (κ3) is 5.30. The number of halogens is 2. The van der Waals surface area contributed by atoms with Gasteiger partial charge in [0.05, 0.1) is 34.3 Å². The molecular weight excluding hydrogens is 435 g/mol. The molecule has 1 fully saturated rings. The molecule has 3 rings (SSSR count). The number of anilines is 1. The summed E-state index contributed by atoms with van der Waals surface area (Å²) in [7, 11) is 0. The van der Waals surface area contributed by atoms with Crippen molar-refractivity contribution in [2.24, 2.45) is 0 Å². The smallest absolute Gasteiger partial charge is 0.222 e. The average Bonchev–Trinajstić information content (AvgIpc) is 3.15. The van der Waals surface area contributed by atoms with E-state index in [0.717, 1.165) is 28.5 Å². The fourth-order valence-electron chi connectivity index (χ4n) is 3.91. The van der Waals surface area contributed by atoms with Gasteiger partial charge in [0.15, 0.2) is 0 Å². The van der Waals surface area contributed by atoms with Gasteiger partial charge in [-0.15, -0.1) is 0 Å². The molecule has 8 heteroatoms. The van der Waals surface area contributed by atoms with Crippen molar-refractivity contribution in [2.45, 2.75) is 59.1 Å². The van der Waals surface area contributed by atoms with E-state index in [0.29, 0.717) is 49.0 Å². The van der Waals surface area contributed by atoms with Gasteiger partial charge in [0.1, 0.15) is 5.82 Å². The van der Waals surface area contributed by atoms with Crippen molar-refractivity contribution < 1.29 is 9.53 Å². The fraction of sp³-hybridized carbons (Fsp3) is 0.522. The monoisotopic (exact) mass is 464 g/mol. The Kier molecular flexibility index (Phi) is 8.14. The van der Waals surface area contributed by atoms with Crippen LogP contribution in [-0.2, 0) is 22.4 Å². The van der Waals surface area contributed by atoms with Crippen molar-refractivity contribution in [2.75, 3.05) is 25.0 Å². The largest absolute Gasteiger partial charge is 0.374 e. The minimum Gasteiger partial charge on any atom is -0.374 e. The average molecular weight is 465 g/mol. The molecule has 0 radical (unpaired) electrons. The molecule has 0 saturated carbocycles. The molecule has 1 aromatic heterocycles. The van der Waals surface area contributed by atoms with E-state index in [-0.39, 0.29) is 18.1 Å². The molecule has 1 saturated heterocycles. The van der Waals surface area contributed by atoms with Crippen molar-refractivity contribution in [1.82, 2.24) is 14.9 Å². The highest BCUT2D eigenvalue weighted by Gasteiger charge is 2.36. The summed E-state index contributed by atoms with van der Waals surface area (Å²) in [5, 5.41) is 4.68. The number of hydrogen-bond acceptors (Lipinski definition) is 5. The lowest BCUT2D eigenvalue weighted by molar-refractivity contribution is -0.130. The molecule has 0 bridgehead atoms. The number of carbonyl (C=O) groups excluding carboxylic acids is 1. The van der Waals surface area contributed by atoms with Gasteiger partial charge >= 0.3 is 0 Å². The second-order valence-corrected chi connectivity index (χ2v) is 8.39. The van der Waals surface area contributed by atoms with E-state index < -0.39 is 0 Å². The standard InChI is InChI=1S/C23H30Cl2N4O2/c1-5-17-22(15-10-9-14(24)11-16(15)25)26-18(6-2)23(27-17)28-19-12-29(21(30)7-3)13-20(19)31-8-4/h9-11,19-20H,5-8,12-13H2,1-4H3,(H,27,28)/t19-,20+/m1/s1. The maximum Gasteiger partial charge on any atom is 0.222 e. The van der Waals surface area contributed by atoms with Gasteiger partial charge in [0.2, 0.25) is 5.91 Å². The summed E-state index contributed by atoms with van der Waals surface area (Å²) in [6.07, 6.45) is 1.82. The van der Waals surface area contributed by atoms with Gasteiger partial charge in [-0.25, -0.2) is 9.97 Å². The van der Waals surface area contributed by atoms with Crippen molar-refractivity contribution in [3.8, 4) is 11.3 Å². The van der Waals surface area contributed by atoms with Gasteiger partial charge in [-0.2, -0.15) is 0 Å². The quantitative estimate of drug-likeness (QED) is 0.594. The van der Waals surface area contributed by atoms with E-state index in [9.17, 15) is 4.79 Å². The van der Waals surface area contributed by atoms with Gasteiger partial charge in [0, 0.05) is 36.7 Å². The Bertz CT molecular complexity index is 938. The van der Waals surface area contributed by atoms with Crippen LogP contribution in [0.15, 0.2) is 18.2 Å². The SMILES string of the molecule is CCO[C@H]1CN(C(=O)CC)C[C@H]1Nc1nc(CC)c(-c2ccc(Cl)cc2Cl)nc1CC. The Labute approximate surface area is 194 Å². The van der Waals surface area contributed by atoms with Crippen LogP contribution in [0, 0.1) is 0 Å². The molecule has 1 N–H and O–H groups in total. The van der Waals surface area contributed by atoms with Gasteiger partial charge in [-0.3, -0.25) is 4.79 Å². The number of hydrogen-bond donors (Lipinski definition) is 1. The molecule has 31 heavy (non-hydrogen) atoms. The summed E-state index contributed by atoms with van der Waals surface area (Å²) in [6, 6.07) is 5.38. The lowest BCUT2D eigenvalue weighted by Crippen LogP contribution is -2.35. The zero-order valence-electron chi connectivity index (χ0n) is 18.5. The molecule has 2 atom stereocenters. The maximum atomic E-state index is 12.2. The summed E-state index contributed by atoms with van der Waals surface area (Å²) in [5.41, 5.74) is 3.32. The molecule has 2 heterocycles. The molecule has 1 aromatic carbocycles. The number of aryl methyl sites for hydroxylation is 2. The first-order chi connectivity index (χ1) is 14.9. The van der Waals surface area contributed by atoms with Crippen LogP contribution in [0.1, 0.15) is 45.5 Å². The lowest BCUT2D eigenvalue weighted by atomic mass is 10.1. The molecule has 0 spiro atoms. The van der Waals surface area contributed by atoms with Crippen LogP contribution in [0.5, 0.6) is 0 Å². The highest BCUT2D eigenvalue weighted by molar-refractivity contribution is 6.36. The van der Waals surface area contributed by atoms with Crippen LogP contribution in [0.2, 0.25) is 10.0 Å². The molecule has 6 nitrogen and oxygen atoms in total. The molecular formula is C23H30Cl2N4O2. The number of nitrogens with one attached hydrogen (secondary N) is 1. The highest BCUT2D eigenvalue weighted by Crippen LogP contribution is 2.33. The Morgan fingerprint density at radius 2 is 1.87 bits per heavy atom. The third-order valence-electron chi connectivity index (χ3n) is 5.52. The molecule has 2 aromatic rings. The topological polar surface area (TPSA) is 67.3 Å². The Morgan fingerprint density at radius 1 is 1.13 bits per heavy atom. The van der Waals surface area contributed by atoms with E-state index >= 15 is 0 Å². The number of nitrogens with zero attached hydrogens (tertiary/aromatic N) is 3. The number of carbonyl (C=O) groups is 1. The van der Waals surface area contributed by atoms with Gasteiger partial charge in [-0.05, 0) is 38.0 Å². The Balaban J connectivity index is 1.95. The van der Waals surface area contributed by atoms with Crippen LogP contribution in [0.4, 0.5) is 5.82 Å². The summed E-state index contributed by atoms with van der Waals surface area (Å²) < 4.78 is 5.93. The van der Waals surface area contributed by atoms with Crippen LogP contribution in [-0.4, -0.2) is 52.6 Å². The van der Waals surface area contributed by atoms with E-state index in [2.05, 4.69) is 12.2 Å². The minimum absolute atomic E-state index is 0.0373. The van der Waals surface area contributed by atoms with Crippen LogP contribution >= 0.6 is 23.2 Å². The summed E-state index contributed by atoms with van der Waals surface area (Å²) in [5.74, 6) is 0.881. The van der Waals surface area contributed by atoms with Gasteiger partial charge in [-0.1, -0.05) is 44.0 Å². The number of amides is 1. The highest BCUT2D eigenvalue weighted by atomic mass is 35.5. The number of likely N-dealkylation sites (tertiary alicyclic amines) is 1. The van der Waals surface area contributed by atoms with Crippen LogP contribution in [0.3, 0.4) is 0 Å². The van der Waals surface area contributed by atoms with Crippen LogP contribution in [0.25, 0.3) is 11.3 Å². The van der Waals surface area contributed by atoms with Crippen molar-refractivity contribution in [3.05, 3.63) is 39.6 Å². The van der Waals surface area contributed by atoms with Crippen LogP contribution < -0.4 is 5.32 Å². The zero-order chi connectivity index (χ0) is 22.5. The molecule has 0 unspecified atom stereocenters. The summed E-state index contributed by atoms with van der Waals surface area (Å²) >= 11 is 12.5. The third-order valence-corrected chi connectivity index (χ3v) is 6.07. The molecule has 1 amide bonds. The fourth-order valence-corrected chi connectivity index (χ4v) is 4.41. The Morgan fingerprint density at radius 3 is 2.48 bits per heavy atom. The molecule has 1 aliphatic rings. The minimum atomic E-state index is -0.0810. The van der Waals surface area contributed by atoms with Crippen molar-refractivity contribution >= 4 is 34.9 Å². The number of benzene rings is 1. The first-order valence-electron chi connectivity index (χ1n) is 10.9. The predicted octanol–water partition coefficient (Wildman–Crippen LogP) is 5.01. The number of rotatable bonds is 8. The summed E-state index contributed by atoms with van der Waals surface area (Å²) in [6.45, 7) is 9.73. The van der Waals surface area contributed by atoms with E-state index in [4.69, 9.17) is 37.9 Å². The molecule has 0 aliphatic carbocycles. The Hall–Kier alpha value is -1.89. The molecule has 168 valence electrons. The predicted molar refractivity (Wildman–Crippen MR) is 126 cm³/mol. The van der Waals surface area contributed by atoms with E-state index in [1.165, 1.54) is 0 Å². The van der Waals surface area contributed by atoms with E-state index in [1.807, 2.05) is 37.8 Å². The van der Waals surface area contributed by atoms with Gasteiger partial charge < -0.3 is 15.0 Å². The molecule has 1 aliphatic heterocycles. The maximum absolute atomic E-state index is 12.2. The first-order valence-corrected chi connectivity index (χ1v) is 11.7. The second kappa shape index (κ2) is 10.6. The summed E-state index contributed by atoms with van der Waals surface area (Å²) in [4.78, 5) is 24.0. The van der Waals surface area contributed by atoms with E-state index in [1.54, 1.807) is 6.07 Å². The van der Waals surface area contributed by atoms with Crippen molar-refractivity contribution in [3.63, 3.8) is 0 Å². The first kappa shape index (κ1) is 23.8. The lowest BCUT2D eigenvalue weighted by Gasteiger charge is -2.22. The zero-order valence-corrected chi connectivity index (χ0v) is 20.1. The van der Waals surface area contributed by atoms with Crippen molar-refractivity contribution in [1.29, 1.82) is 0 Å². The van der Waals surface area contributed by atoms with Gasteiger partial charge in [0.25, 0.3) is 0 Å². The second-order valence-electron chi connectivity index (χ2n) is 7.54. The number of aromatic nitrogens is 2. The number of ether oxygens (including phenoxy) is 1.